The summed E-state index contributed by atoms with van der Waals surface area (Å²) in [4.78, 5) is 10.8. The van der Waals surface area contributed by atoms with E-state index >= 15 is 0 Å². The quantitative estimate of drug-likeness (QED) is 0.762. The van der Waals surface area contributed by atoms with Gasteiger partial charge in [-0.25, -0.2) is 14.4 Å². The van der Waals surface area contributed by atoms with Gasteiger partial charge in [0.15, 0.2) is 11.6 Å². The van der Waals surface area contributed by atoms with E-state index in [1.807, 2.05) is 18.7 Å². The van der Waals surface area contributed by atoms with Crippen molar-refractivity contribution in [3.05, 3.63) is 36.0 Å². The van der Waals surface area contributed by atoms with Crippen molar-refractivity contribution in [2.75, 3.05) is 30.4 Å². The SMILES string of the molecule is COc1ccc2c(NC3CCCN(c4cc(C)nn4C)C3)ncnc2c1F. The first kappa shape index (κ1) is 17.5. The Labute approximate surface area is 157 Å². The average molecular weight is 370 g/mol. The normalized spacial score (nSPS) is 17.3. The van der Waals surface area contributed by atoms with Crippen LogP contribution in [-0.4, -0.2) is 46.0 Å². The second-order valence-electron chi connectivity index (χ2n) is 6.90. The number of benzene rings is 1. The lowest BCUT2D eigenvalue weighted by Gasteiger charge is -2.34. The molecular weight excluding hydrogens is 347 g/mol. The third-order valence-corrected chi connectivity index (χ3v) is 4.99. The van der Waals surface area contributed by atoms with Gasteiger partial charge in [0.05, 0.1) is 12.8 Å². The van der Waals surface area contributed by atoms with E-state index in [0.717, 1.165) is 37.4 Å². The summed E-state index contributed by atoms with van der Waals surface area (Å²) in [6, 6.07) is 5.71. The van der Waals surface area contributed by atoms with Crippen molar-refractivity contribution in [2.45, 2.75) is 25.8 Å². The van der Waals surface area contributed by atoms with Crippen LogP contribution in [0.15, 0.2) is 24.5 Å². The van der Waals surface area contributed by atoms with Gasteiger partial charge in [0, 0.05) is 37.6 Å². The Morgan fingerprint density at radius 3 is 2.89 bits per heavy atom. The Bertz CT molecular complexity index is 972. The Hall–Kier alpha value is -2.90. The van der Waals surface area contributed by atoms with Gasteiger partial charge in [-0.05, 0) is 31.9 Å². The third kappa shape index (κ3) is 3.27. The maximum Gasteiger partial charge on any atom is 0.191 e. The fraction of sp³-hybridized carbons (Fsp3) is 0.421. The molecule has 1 atom stereocenters. The molecule has 3 aromatic rings. The summed E-state index contributed by atoms with van der Waals surface area (Å²) in [5.41, 5.74) is 1.27. The first-order valence-electron chi connectivity index (χ1n) is 9.06. The highest BCUT2D eigenvalue weighted by Crippen LogP contribution is 2.29. The minimum Gasteiger partial charge on any atom is -0.494 e. The van der Waals surface area contributed by atoms with E-state index in [-0.39, 0.29) is 17.3 Å². The molecule has 0 radical (unpaired) electrons. The number of ether oxygens (including phenoxy) is 1. The molecule has 0 bridgehead atoms. The van der Waals surface area contributed by atoms with E-state index in [1.54, 1.807) is 12.1 Å². The molecule has 1 N–H and O–H groups in total. The number of aromatic nitrogens is 4. The summed E-state index contributed by atoms with van der Waals surface area (Å²) in [6.45, 7) is 3.83. The molecule has 0 aliphatic carbocycles. The Balaban J connectivity index is 1.58. The highest BCUT2D eigenvalue weighted by Gasteiger charge is 2.23. The van der Waals surface area contributed by atoms with Crippen LogP contribution in [0.1, 0.15) is 18.5 Å². The van der Waals surface area contributed by atoms with Crippen LogP contribution in [0, 0.1) is 12.7 Å². The molecule has 2 aromatic heterocycles. The number of rotatable bonds is 4. The largest absolute Gasteiger partial charge is 0.494 e. The van der Waals surface area contributed by atoms with Crippen molar-refractivity contribution < 1.29 is 9.13 Å². The molecule has 1 aliphatic heterocycles. The van der Waals surface area contributed by atoms with Gasteiger partial charge in [-0.1, -0.05) is 0 Å². The molecule has 4 rings (SSSR count). The molecule has 3 heterocycles. The average Bonchev–Trinajstić information content (AvgIpc) is 3.01. The number of aryl methyl sites for hydroxylation is 2. The van der Waals surface area contributed by atoms with Crippen LogP contribution in [-0.2, 0) is 7.05 Å². The minimum atomic E-state index is -0.462. The van der Waals surface area contributed by atoms with Gasteiger partial charge in [-0.2, -0.15) is 5.10 Å². The van der Waals surface area contributed by atoms with Crippen LogP contribution in [0.5, 0.6) is 5.75 Å². The third-order valence-electron chi connectivity index (χ3n) is 4.99. The maximum absolute atomic E-state index is 14.5. The molecule has 0 saturated carbocycles. The Morgan fingerprint density at radius 1 is 1.30 bits per heavy atom. The zero-order valence-corrected chi connectivity index (χ0v) is 15.7. The van der Waals surface area contributed by atoms with Gasteiger partial charge < -0.3 is 15.0 Å². The van der Waals surface area contributed by atoms with Crippen molar-refractivity contribution >= 4 is 22.5 Å². The highest BCUT2D eigenvalue weighted by molar-refractivity contribution is 5.90. The molecule has 1 aliphatic rings. The van der Waals surface area contributed by atoms with Crippen molar-refractivity contribution in [2.24, 2.45) is 7.05 Å². The molecule has 1 saturated heterocycles. The first-order valence-corrected chi connectivity index (χ1v) is 9.06. The number of halogens is 1. The van der Waals surface area contributed by atoms with Crippen molar-refractivity contribution in [1.29, 1.82) is 0 Å². The van der Waals surface area contributed by atoms with Crippen molar-refractivity contribution in [3.63, 3.8) is 0 Å². The molecule has 142 valence electrons. The van der Waals surface area contributed by atoms with Crippen LogP contribution < -0.4 is 15.0 Å². The minimum absolute atomic E-state index is 0.183. The molecule has 1 fully saturated rings. The zero-order valence-electron chi connectivity index (χ0n) is 15.7. The van der Waals surface area contributed by atoms with E-state index in [4.69, 9.17) is 4.74 Å². The summed E-state index contributed by atoms with van der Waals surface area (Å²) in [5, 5.41) is 8.58. The standard InChI is InChI=1S/C19H23FN6O/c1-12-9-16(25(2)24-12)26-8-4-5-13(10-26)23-19-14-6-7-15(27-3)17(20)18(14)21-11-22-19/h6-7,9,11,13H,4-5,8,10H2,1-3H3,(H,21,22,23). The molecule has 0 spiro atoms. The van der Waals surface area contributed by atoms with E-state index < -0.39 is 5.82 Å². The number of fused-ring (bicyclic) bond motifs is 1. The number of methoxy groups -OCH3 is 1. The fourth-order valence-corrected chi connectivity index (χ4v) is 3.74. The Morgan fingerprint density at radius 2 is 2.15 bits per heavy atom. The highest BCUT2D eigenvalue weighted by atomic mass is 19.1. The van der Waals surface area contributed by atoms with Crippen LogP contribution >= 0.6 is 0 Å². The second kappa shape index (κ2) is 7.02. The predicted octanol–water partition coefficient (Wildman–Crippen LogP) is 2.90. The smallest absolute Gasteiger partial charge is 0.191 e. The number of nitrogens with zero attached hydrogens (tertiary/aromatic N) is 5. The lowest BCUT2D eigenvalue weighted by atomic mass is 10.1. The molecule has 7 nitrogen and oxygen atoms in total. The summed E-state index contributed by atoms with van der Waals surface area (Å²) >= 11 is 0. The summed E-state index contributed by atoms with van der Waals surface area (Å²) in [7, 11) is 3.41. The van der Waals surface area contributed by atoms with Crippen LogP contribution in [0.4, 0.5) is 16.0 Å². The lowest BCUT2D eigenvalue weighted by Crippen LogP contribution is -2.43. The van der Waals surface area contributed by atoms with Crippen LogP contribution in [0.3, 0.4) is 0 Å². The van der Waals surface area contributed by atoms with Crippen LogP contribution in [0.25, 0.3) is 10.9 Å². The van der Waals surface area contributed by atoms with Gasteiger partial charge in [-0.3, -0.25) is 4.68 Å². The summed E-state index contributed by atoms with van der Waals surface area (Å²) in [5.74, 6) is 1.48. The number of hydrogen-bond donors (Lipinski definition) is 1. The lowest BCUT2D eigenvalue weighted by molar-refractivity contribution is 0.388. The van der Waals surface area contributed by atoms with Crippen LogP contribution in [0.2, 0.25) is 0 Å². The van der Waals surface area contributed by atoms with E-state index in [2.05, 4.69) is 31.3 Å². The van der Waals surface area contributed by atoms with Gasteiger partial charge >= 0.3 is 0 Å². The molecule has 1 unspecified atom stereocenters. The van der Waals surface area contributed by atoms with E-state index in [0.29, 0.717) is 11.2 Å². The first-order chi connectivity index (χ1) is 13.1. The Kier molecular flexibility index (Phi) is 4.55. The maximum atomic E-state index is 14.5. The van der Waals surface area contributed by atoms with Crippen molar-refractivity contribution in [1.82, 2.24) is 19.7 Å². The molecule has 0 amide bonds. The van der Waals surface area contributed by atoms with E-state index in [1.165, 1.54) is 13.4 Å². The monoisotopic (exact) mass is 370 g/mol. The number of nitrogens with one attached hydrogen (secondary N) is 1. The summed E-state index contributed by atoms with van der Waals surface area (Å²) < 4.78 is 21.5. The van der Waals surface area contributed by atoms with Gasteiger partial charge in [0.2, 0.25) is 0 Å². The molecular formula is C19H23FN6O. The van der Waals surface area contributed by atoms with Gasteiger partial charge in [0.25, 0.3) is 0 Å². The molecule has 1 aromatic carbocycles. The van der Waals surface area contributed by atoms with E-state index in [9.17, 15) is 4.39 Å². The fourth-order valence-electron chi connectivity index (χ4n) is 3.74. The number of hydrogen-bond acceptors (Lipinski definition) is 6. The topological polar surface area (TPSA) is 68.1 Å². The zero-order chi connectivity index (χ0) is 19.0. The predicted molar refractivity (Wildman–Crippen MR) is 103 cm³/mol. The van der Waals surface area contributed by atoms with Gasteiger partial charge in [-0.15, -0.1) is 0 Å². The second-order valence-corrected chi connectivity index (χ2v) is 6.90. The van der Waals surface area contributed by atoms with Gasteiger partial charge in [0.1, 0.15) is 23.5 Å². The summed E-state index contributed by atoms with van der Waals surface area (Å²) in [6.07, 6.45) is 3.48. The number of anilines is 2. The molecule has 27 heavy (non-hydrogen) atoms. The molecule has 8 heteroatoms. The number of piperidine rings is 1. The van der Waals surface area contributed by atoms with Crippen molar-refractivity contribution in [3.8, 4) is 5.75 Å².